The van der Waals surface area contributed by atoms with Crippen molar-refractivity contribution in [3.63, 3.8) is 0 Å². The minimum atomic E-state index is -1.25. The molecule has 1 aromatic heterocycles. The lowest BCUT2D eigenvalue weighted by Crippen LogP contribution is -2.16. The highest BCUT2D eigenvalue weighted by Crippen LogP contribution is 2.24. The van der Waals surface area contributed by atoms with Crippen molar-refractivity contribution in [1.29, 1.82) is 0 Å². The Kier molecular flexibility index (Phi) is 4.29. The molecule has 0 spiro atoms. The molecule has 0 bridgehead atoms. The van der Waals surface area contributed by atoms with Gasteiger partial charge in [-0.25, -0.2) is 8.78 Å². The van der Waals surface area contributed by atoms with Crippen LogP contribution in [0.25, 0.3) is 11.4 Å². The number of primary amides is 1. The van der Waals surface area contributed by atoms with Gasteiger partial charge in [0.05, 0.1) is 0 Å². The monoisotopic (exact) mass is 347 g/mol. The first-order valence-corrected chi connectivity index (χ1v) is 6.98. The summed E-state index contributed by atoms with van der Waals surface area (Å²) in [5.74, 6) is -3.67. The van der Waals surface area contributed by atoms with Crippen LogP contribution in [0.15, 0.2) is 40.9 Å². The number of phenols is 1. The van der Waals surface area contributed by atoms with Crippen LogP contribution in [0.3, 0.4) is 0 Å². The lowest BCUT2D eigenvalue weighted by molar-refractivity contribution is 0.0991. The fourth-order valence-corrected chi connectivity index (χ4v) is 2.09. The maximum absolute atomic E-state index is 14.0. The second-order valence-corrected chi connectivity index (χ2v) is 4.95. The lowest BCUT2D eigenvalue weighted by Gasteiger charge is -2.07. The zero-order valence-electron chi connectivity index (χ0n) is 12.6. The summed E-state index contributed by atoms with van der Waals surface area (Å²) < 4.78 is 37.6. The topological polar surface area (TPSA) is 111 Å². The van der Waals surface area contributed by atoms with Gasteiger partial charge < -0.3 is 20.1 Å². The molecule has 0 aliphatic carbocycles. The first-order valence-electron chi connectivity index (χ1n) is 6.98. The second kappa shape index (κ2) is 6.56. The van der Waals surface area contributed by atoms with Gasteiger partial charge >= 0.3 is 0 Å². The van der Waals surface area contributed by atoms with Crippen molar-refractivity contribution < 1.29 is 27.9 Å². The molecule has 1 heterocycles. The third kappa shape index (κ3) is 3.39. The summed E-state index contributed by atoms with van der Waals surface area (Å²) in [5, 5.41) is 13.2. The smallest absolute Gasteiger partial charge is 0.264 e. The van der Waals surface area contributed by atoms with E-state index in [1.807, 2.05) is 0 Å². The van der Waals surface area contributed by atoms with Crippen molar-refractivity contribution in [3.05, 3.63) is 59.5 Å². The number of nitrogens with zero attached hydrogens (tertiary/aromatic N) is 2. The Morgan fingerprint density at radius 3 is 2.80 bits per heavy atom. The number of amides is 1. The highest BCUT2D eigenvalue weighted by molar-refractivity contribution is 5.93. The predicted octanol–water partition coefficient (Wildman–Crippen LogP) is 2.40. The van der Waals surface area contributed by atoms with Crippen molar-refractivity contribution in [2.24, 2.45) is 5.73 Å². The van der Waals surface area contributed by atoms with Gasteiger partial charge in [0.15, 0.2) is 18.2 Å². The summed E-state index contributed by atoms with van der Waals surface area (Å²) in [4.78, 5) is 15.1. The molecule has 7 nitrogen and oxygen atoms in total. The molecule has 0 atom stereocenters. The molecule has 3 aromatic rings. The van der Waals surface area contributed by atoms with E-state index in [9.17, 15) is 18.7 Å². The summed E-state index contributed by atoms with van der Waals surface area (Å²) in [7, 11) is 0. The van der Waals surface area contributed by atoms with E-state index in [0.29, 0.717) is 5.56 Å². The van der Waals surface area contributed by atoms with Crippen LogP contribution in [-0.2, 0) is 6.61 Å². The molecule has 25 heavy (non-hydrogen) atoms. The Hall–Kier alpha value is -3.49. The number of phenolic OH excluding ortho intramolecular Hbond substituents is 1. The number of aromatic hydroxyl groups is 1. The molecule has 128 valence electrons. The highest BCUT2D eigenvalue weighted by Gasteiger charge is 2.20. The number of nitrogens with two attached hydrogens (primary N) is 1. The number of carbonyl (C=O) groups is 1. The van der Waals surface area contributed by atoms with E-state index in [2.05, 4.69) is 10.1 Å². The van der Waals surface area contributed by atoms with Gasteiger partial charge in [-0.05, 0) is 24.3 Å². The molecule has 2 aromatic carbocycles. The molecule has 0 saturated heterocycles. The van der Waals surface area contributed by atoms with Crippen LogP contribution in [0.5, 0.6) is 11.5 Å². The third-order valence-electron chi connectivity index (χ3n) is 3.23. The zero-order valence-corrected chi connectivity index (χ0v) is 12.6. The average molecular weight is 347 g/mol. The normalized spacial score (nSPS) is 10.6. The number of rotatable bonds is 5. The summed E-state index contributed by atoms with van der Waals surface area (Å²) in [6.45, 7) is -0.313. The van der Waals surface area contributed by atoms with Crippen molar-refractivity contribution in [2.45, 2.75) is 6.61 Å². The molecule has 9 heteroatoms. The number of hydrogen-bond donors (Lipinski definition) is 2. The number of ether oxygens (including phenoxy) is 1. The van der Waals surface area contributed by atoms with Gasteiger partial charge in [-0.3, -0.25) is 4.79 Å². The quantitative estimate of drug-likeness (QED) is 0.733. The van der Waals surface area contributed by atoms with Crippen LogP contribution in [0.2, 0.25) is 0 Å². The Morgan fingerprint density at radius 1 is 1.28 bits per heavy atom. The first-order chi connectivity index (χ1) is 12.0. The number of benzene rings is 2. The van der Waals surface area contributed by atoms with Gasteiger partial charge in [-0.1, -0.05) is 17.3 Å². The van der Waals surface area contributed by atoms with E-state index in [-0.39, 0.29) is 29.8 Å². The molecule has 0 aliphatic heterocycles. The fraction of sp³-hybridized carbons (Fsp3) is 0.0625. The molecule has 0 aliphatic rings. The molecular formula is C16H11F2N3O4. The van der Waals surface area contributed by atoms with Crippen LogP contribution in [0.1, 0.15) is 16.2 Å². The minimum absolute atomic E-state index is 0.0164. The molecule has 0 unspecified atom stereocenters. The van der Waals surface area contributed by atoms with Gasteiger partial charge in [-0.15, -0.1) is 0 Å². The predicted molar refractivity (Wildman–Crippen MR) is 80.6 cm³/mol. The standard InChI is InChI=1S/C16H11F2N3O4/c17-10-4-5-11(14(18)13(10)15(19)23)24-7-12-20-16(21-25-12)8-2-1-3-9(22)6-8/h1-6,22H,7H2,(H2,19,23). The molecule has 0 fully saturated rings. The van der Waals surface area contributed by atoms with Crippen molar-refractivity contribution in [1.82, 2.24) is 10.1 Å². The van der Waals surface area contributed by atoms with E-state index in [0.717, 1.165) is 12.1 Å². The van der Waals surface area contributed by atoms with E-state index in [4.69, 9.17) is 15.0 Å². The maximum Gasteiger partial charge on any atom is 0.264 e. The Morgan fingerprint density at radius 2 is 2.08 bits per heavy atom. The molecular weight excluding hydrogens is 336 g/mol. The SMILES string of the molecule is NC(=O)c1c(F)ccc(OCc2nc(-c3cccc(O)c3)no2)c1F. The van der Waals surface area contributed by atoms with Gasteiger partial charge in [0.2, 0.25) is 5.82 Å². The minimum Gasteiger partial charge on any atom is -0.508 e. The second-order valence-electron chi connectivity index (χ2n) is 4.95. The van der Waals surface area contributed by atoms with E-state index in [1.165, 1.54) is 12.1 Å². The number of halogens is 2. The molecule has 0 saturated carbocycles. The Balaban J connectivity index is 1.77. The first kappa shape index (κ1) is 16.4. The maximum atomic E-state index is 14.0. The number of aromatic nitrogens is 2. The zero-order chi connectivity index (χ0) is 18.0. The third-order valence-corrected chi connectivity index (χ3v) is 3.23. The lowest BCUT2D eigenvalue weighted by atomic mass is 10.1. The Bertz CT molecular complexity index is 943. The van der Waals surface area contributed by atoms with Crippen LogP contribution >= 0.6 is 0 Å². The van der Waals surface area contributed by atoms with Gasteiger partial charge in [-0.2, -0.15) is 4.98 Å². The van der Waals surface area contributed by atoms with Crippen molar-refractivity contribution >= 4 is 5.91 Å². The van der Waals surface area contributed by atoms with E-state index in [1.54, 1.807) is 12.1 Å². The van der Waals surface area contributed by atoms with Crippen molar-refractivity contribution in [3.8, 4) is 22.9 Å². The van der Waals surface area contributed by atoms with Gasteiger partial charge in [0, 0.05) is 5.56 Å². The summed E-state index contributed by atoms with van der Waals surface area (Å²) in [5.41, 5.74) is 4.56. The summed E-state index contributed by atoms with van der Waals surface area (Å²) >= 11 is 0. The average Bonchev–Trinajstić information content (AvgIpc) is 3.03. The number of hydrogen-bond acceptors (Lipinski definition) is 6. The molecule has 3 N–H and O–H groups in total. The van der Waals surface area contributed by atoms with Gasteiger partial charge in [0.25, 0.3) is 11.8 Å². The summed E-state index contributed by atoms with van der Waals surface area (Å²) in [6, 6.07) is 8.08. The molecule has 3 rings (SSSR count). The van der Waals surface area contributed by atoms with Gasteiger partial charge in [0.1, 0.15) is 17.1 Å². The fourth-order valence-electron chi connectivity index (χ4n) is 2.09. The van der Waals surface area contributed by atoms with E-state index < -0.39 is 23.1 Å². The van der Waals surface area contributed by atoms with Crippen LogP contribution in [-0.4, -0.2) is 21.2 Å². The Labute approximate surface area is 139 Å². The van der Waals surface area contributed by atoms with Crippen LogP contribution < -0.4 is 10.5 Å². The van der Waals surface area contributed by atoms with Crippen LogP contribution in [0.4, 0.5) is 8.78 Å². The molecule has 0 radical (unpaired) electrons. The van der Waals surface area contributed by atoms with E-state index >= 15 is 0 Å². The van der Waals surface area contributed by atoms with Crippen molar-refractivity contribution in [2.75, 3.05) is 0 Å². The highest BCUT2D eigenvalue weighted by atomic mass is 19.1. The van der Waals surface area contributed by atoms with Crippen LogP contribution in [0, 0.1) is 11.6 Å². The number of carbonyl (C=O) groups excluding carboxylic acids is 1. The molecule has 1 amide bonds. The summed E-state index contributed by atoms with van der Waals surface area (Å²) in [6.07, 6.45) is 0. The largest absolute Gasteiger partial charge is 0.508 e.